The van der Waals surface area contributed by atoms with Gasteiger partial charge in [0.15, 0.2) is 0 Å². The van der Waals surface area contributed by atoms with Crippen molar-refractivity contribution >= 4 is 15.9 Å². The summed E-state index contributed by atoms with van der Waals surface area (Å²) in [4.78, 5) is 0. The van der Waals surface area contributed by atoms with E-state index in [4.69, 9.17) is 9.84 Å². The molecule has 2 aromatic rings. The molecule has 21 heavy (non-hydrogen) atoms. The summed E-state index contributed by atoms with van der Waals surface area (Å²) in [7, 11) is 0. The fraction of sp³-hybridized carbons (Fsp3) is 0.294. The van der Waals surface area contributed by atoms with Gasteiger partial charge in [0.1, 0.15) is 11.5 Å². The van der Waals surface area contributed by atoms with Gasteiger partial charge in [-0.25, -0.2) is 0 Å². The number of aliphatic hydroxyl groups is 1. The van der Waals surface area contributed by atoms with Gasteiger partial charge >= 0.3 is 0 Å². The number of hydrogen-bond acceptors (Lipinski definition) is 3. The quantitative estimate of drug-likeness (QED) is 0.819. The molecule has 2 N–H and O–H groups in total. The van der Waals surface area contributed by atoms with Crippen molar-refractivity contribution in [2.24, 2.45) is 0 Å². The molecule has 4 heteroatoms. The molecule has 0 unspecified atom stereocenters. The minimum Gasteiger partial charge on any atom is -0.457 e. The topological polar surface area (TPSA) is 41.5 Å². The third-order valence-electron chi connectivity index (χ3n) is 3.07. The highest BCUT2D eigenvalue weighted by Crippen LogP contribution is 2.27. The van der Waals surface area contributed by atoms with Gasteiger partial charge in [0.2, 0.25) is 0 Å². The van der Waals surface area contributed by atoms with Gasteiger partial charge < -0.3 is 15.2 Å². The zero-order valence-electron chi connectivity index (χ0n) is 12.3. The van der Waals surface area contributed by atoms with Crippen molar-refractivity contribution in [2.75, 3.05) is 0 Å². The van der Waals surface area contributed by atoms with E-state index >= 15 is 0 Å². The smallest absolute Gasteiger partial charge is 0.128 e. The molecule has 112 valence electrons. The Morgan fingerprint density at radius 3 is 2.33 bits per heavy atom. The van der Waals surface area contributed by atoms with E-state index < -0.39 is 0 Å². The van der Waals surface area contributed by atoms with Gasteiger partial charge in [0.05, 0.1) is 6.61 Å². The third-order valence-corrected chi connectivity index (χ3v) is 3.81. The first-order chi connectivity index (χ1) is 10.1. The van der Waals surface area contributed by atoms with Crippen LogP contribution in [0.3, 0.4) is 0 Å². The number of aliphatic hydroxyl groups excluding tert-OH is 1. The molecule has 0 aliphatic heterocycles. The van der Waals surface area contributed by atoms with Crippen molar-refractivity contribution in [1.29, 1.82) is 0 Å². The van der Waals surface area contributed by atoms with Crippen LogP contribution in [0.5, 0.6) is 11.5 Å². The minimum absolute atomic E-state index is 0.0450. The average molecular weight is 350 g/mol. The molecule has 0 atom stereocenters. The van der Waals surface area contributed by atoms with Crippen LogP contribution in [0.25, 0.3) is 0 Å². The summed E-state index contributed by atoms with van der Waals surface area (Å²) in [5.74, 6) is 1.54. The molecular formula is C17H20BrNO2. The van der Waals surface area contributed by atoms with Crippen LogP contribution in [0.2, 0.25) is 0 Å². The van der Waals surface area contributed by atoms with Crippen LogP contribution in [-0.2, 0) is 13.2 Å². The van der Waals surface area contributed by atoms with Crippen LogP contribution in [-0.4, -0.2) is 11.1 Å². The lowest BCUT2D eigenvalue weighted by atomic mass is 10.2. The minimum atomic E-state index is 0.0450. The summed E-state index contributed by atoms with van der Waals surface area (Å²) in [5.41, 5.74) is 2.07. The molecular weight excluding hydrogens is 330 g/mol. The lowest BCUT2D eigenvalue weighted by molar-refractivity contribution is 0.281. The van der Waals surface area contributed by atoms with E-state index in [2.05, 4.69) is 41.2 Å². The molecule has 0 radical (unpaired) electrons. The standard InChI is InChI=1S/C17H20BrNO2/c1-12(2)19-10-14-5-8-16(9-17(14)18)21-15-6-3-13(11-20)4-7-15/h3-9,12,19-20H,10-11H2,1-2H3. The first-order valence-corrected chi connectivity index (χ1v) is 7.77. The highest BCUT2D eigenvalue weighted by atomic mass is 79.9. The van der Waals surface area contributed by atoms with E-state index in [1.165, 1.54) is 5.56 Å². The lowest BCUT2D eigenvalue weighted by Crippen LogP contribution is -2.21. The number of nitrogens with one attached hydrogen (secondary N) is 1. The van der Waals surface area contributed by atoms with Gasteiger partial charge in [-0.2, -0.15) is 0 Å². The predicted molar refractivity (Wildman–Crippen MR) is 88.6 cm³/mol. The van der Waals surface area contributed by atoms with Gasteiger partial charge in [0.25, 0.3) is 0 Å². The molecule has 0 bridgehead atoms. The number of benzene rings is 2. The molecule has 0 aromatic heterocycles. The maximum absolute atomic E-state index is 9.02. The number of rotatable bonds is 6. The molecule has 0 spiro atoms. The molecule has 3 nitrogen and oxygen atoms in total. The highest BCUT2D eigenvalue weighted by Gasteiger charge is 2.04. The van der Waals surface area contributed by atoms with Crippen molar-refractivity contribution in [3.8, 4) is 11.5 Å². The summed E-state index contributed by atoms with van der Waals surface area (Å²) < 4.78 is 6.84. The maximum atomic E-state index is 9.02. The fourth-order valence-electron chi connectivity index (χ4n) is 1.85. The van der Waals surface area contributed by atoms with Gasteiger partial charge in [-0.15, -0.1) is 0 Å². The second-order valence-electron chi connectivity index (χ2n) is 5.19. The Hall–Kier alpha value is -1.36. The van der Waals surface area contributed by atoms with Crippen LogP contribution in [0.4, 0.5) is 0 Å². The van der Waals surface area contributed by atoms with Gasteiger partial charge in [-0.1, -0.05) is 48.0 Å². The molecule has 0 amide bonds. The SMILES string of the molecule is CC(C)NCc1ccc(Oc2ccc(CO)cc2)cc1Br. The summed E-state index contributed by atoms with van der Waals surface area (Å²) in [5, 5.41) is 12.4. The Morgan fingerprint density at radius 1 is 1.10 bits per heavy atom. The van der Waals surface area contributed by atoms with Crippen molar-refractivity contribution in [1.82, 2.24) is 5.32 Å². The fourth-order valence-corrected chi connectivity index (χ4v) is 2.35. The van der Waals surface area contributed by atoms with Crippen LogP contribution in [0.1, 0.15) is 25.0 Å². The zero-order chi connectivity index (χ0) is 15.2. The summed E-state index contributed by atoms with van der Waals surface area (Å²) >= 11 is 3.58. The molecule has 0 heterocycles. The van der Waals surface area contributed by atoms with Crippen LogP contribution in [0.15, 0.2) is 46.9 Å². The molecule has 2 rings (SSSR count). The monoisotopic (exact) mass is 349 g/mol. The molecule has 0 aliphatic carbocycles. The first kappa shape index (κ1) is 16.0. The van der Waals surface area contributed by atoms with Crippen molar-refractivity contribution < 1.29 is 9.84 Å². The normalized spacial score (nSPS) is 10.9. The Morgan fingerprint density at radius 2 is 1.76 bits per heavy atom. The first-order valence-electron chi connectivity index (χ1n) is 6.98. The van der Waals surface area contributed by atoms with E-state index in [9.17, 15) is 0 Å². The largest absolute Gasteiger partial charge is 0.457 e. The number of halogens is 1. The van der Waals surface area contributed by atoms with Crippen LogP contribution < -0.4 is 10.1 Å². The van der Waals surface area contributed by atoms with E-state index in [-0.39, 0.29) is 6.61 Å². The number of hydrogen-bond donors (Lipinski definition) is 2. The summed E-state index contributed by atoms with van der Waals surface area (Å²) in [6.07, 6.45) is 0. The Labute approximate surface area is 134 Å². The van der Waals surface area contributed by atoms with Crippen molar-refractivity contribution in [2.45, 2.75) is 33.0 Å². The Kier molecular flexibility index (Phi) is 5.79. The predicted octanol–water partition coefficient (Wildman–Crippen LogP) is 4.23. The number of ether oxygens (including phenoxy) is 1. The molecule has 0 saturated carbocycles. The molecule has 2 aromatic carbocycles. The second kappa shape index (κ2) is 7.59. The third kappa shape index (κ3) is 4.84. The van der Waals surface area contributed by atoms with E-state index in [1.54, 1.807) is 0 Å². The van der Waals surface area contributed by atoms with E-state index in [1.807, 2.05) is 36.4 Å². The Balaban J connectivity index is 2.05. The maximum Gasteiger partial charge on any atom is 0.128 e. The van der Waals surface area contributed by atoms with Crippen molar-refractivity contribution in [3.05, 3.63) is 58.1 Å². The van der Waals surface area contributed by atoms with E-state index in [0.29, 0.717) is 6.04 Å². The van der Waals surface area contributed by atoms with Crippen molar-refractivity contribution in [3.63, 3.8) is 0 Å². The second-order valence-corrected chi connectivity index (χ2v) is 6.05. The van der Waals surface area contributed by atoms with Gasteiger partial charge in [-0.05, 0) is 35.4 Å². The summed E-state index contributed by atoms with van der Waals surface area (Å²) in [6.45, 7) is 5.12. The molecule has 0 saturated heterocycles. The van der Waals surface area contributed by atoms with Gasteiger partial charge in [0, 0.05) is 17.1 Å². The van der Waals surface area contributed by atoms with E-state index in [0.717, 1.165) is 28.1 Å². The average Bonchev–Trinajstić information content (AvgIpc) is 2.47. The van der Waals surface area contributed by atoms with Crippen LogP contribution in [0, 0.1) is 0 Å². The van der Waals surface area contributed by atoms with Gasteiger partial charge in [-0.3, -0.25) is 0 Å². The molecule has 0 aliphatic rings. The molecule has 0 fully saturated rings. The van der Waals surface area contributed by atoms with Crippen LogP contribution >= 0.6 is 15.9 Å². The highest BCUT2D eigenvalue weighted by molar-refractivity contribution is 9.10. The Bertz CT molecular complexity index is 582. The summed E-state index contributed by atoms with van der Waals surface area (Å²) in [6, 6.07) is 13.9. The lowest BCUT2D eigenvalue weighted by Gasteiger charge is -2.12. The zero-order valence-corrected chi connectivity index (χ0v) is 13.9.